The Morgan fingerprint density at radius 1 is 1.53 bits per heavy atom. The van der Waals surface area contributed by atoms with Gasteiger partial charge >= 0.3 is 0 Å². The Labute approximate surface area is 91.0 Å². The van der Waals surface area contributed by atoms with Gasteiger partial charge in [0.2, 0.25) is 0 Å². The molecule has 1 saturated carbocycles. The van der Waals surface area contributed by atoms with Crippen LogP contribution in [0.3, 0.4) is 0 Å². The highest BCUT2D eigenvalue weighted by atomic mass is 16.3. The molecule has 1 heterocycles. The lowest BCUT2D eigenvalue weighted by Crippen LogP contribution is -2.29. The van der Waals surface area contributed by atoms with Crippen LogP contribution >= 0.6 is 0 Å². The average Bonchev–Trinajstić information content (AvgIpc) is 2.85. The number of hydrogen-bond donors (Lipinski definition) is 2. The topological polar surface area (TPSA) is 51.2 Å². The van der Waals surface area contributed by atoms with Crippen LogP contribution in [-0.2, 0) is 0 Å². The van der Waals surface area contributed by atoms with Gasteiger partial charge in [-0.2, -0.15) is 0 Å². The van der Waals surface area contributed by atoms with E-state index in [0.29, 0.717) is 0 Å². The van der Waals surface area contributed by atoms with Gasteiger partial charge in [-0.1, -0.05) is 25.7 Å². The van der Waals surface area contributed by atoms with Crippen LogP contribution in [-0.4, -0.2) is 0 Å². The van der Waals surface area contributed by atoms with E-state index in [2.05, 4.69) is 5.43 Å². The number of aryl methyl sites for hydroxylation is 1. The van der Waals surface area contributed by atoms with Crippen LogP contribution in [0.4, 0.5) is 0 Å². The SMILES string of the molecule is Cc1occc1C(CC1CCCC1)NN. The van der Waals surface area contributed by atoms with E-state index in [9.17, 15) is 0 Å². The summed E-state index contributed by atoms with van der Waals surface area (Å²) in [7, 11) is 0. The summed E-state index contributed by atoms with van der Waals surface area (Å²) in [5.41, 5.74) is 4.12. The van der Waals surface area contributed by atoms with Crippen molar-refractivity contribution in [1.82, 2.24) is 5.43 Å². The zero-order valence-corrected chi connectivity index (χ0v) is 9.33. The van der Waals surface area contributed by atoms with Crippen molar-refractivity contribution in [2.45, 2.75) is 45.1 Å². The summed E-state index contributed by atoms with van der Waals surface area (Å²) in [4.78, 5) is 0. The fraction of sp³-hybridized carbons (Fsp3) is 0.667. The molecule has 0 amide bonds. The van der Waals surface area contributed by atoms with Crippen LogP contribution < -0.4 is 11.3 Å². The van der Waals surface area contributed by atoms with Crippen LogP contribution in [0.2, 0.25) is 0 Å². The molecule has 0 aromatic carbocycles. The summed E-state index contributed by atoms with van der Waals surface area (Å²) >= 11 is 0. The van der Waals surface area contributed by atoms with Crippen molar-refractivity contribution in [2.75, 3.05) is 0 Å². The molecule has 0 bridgehead atoms. The Morgan fingerprint density at radius 3 is 2.80 bits per heavy atom. The van der Waals surface area contributed by atoms with Crippen molar-refractivity contribution in [3.8, 4) is 0 Å². The van der Waals surface area contributed by atoms with Gasteiger partial charge in [0.15, 0.2) is 0 Å². The molecule has 0 spiro atoms. The highest BCUT2D eigenvalue weighted by molar-refractivity contribution is 5.20. The van der Waals surface area contributed by atoms with E-state index in [1.54, 1.807) is 6.26 Å². The van der Waals surface area contributed by atoms with Gasteiger partial charge in [0.1, 0.15) is 5.76 Å². The zero-order chi connectivity index (χ0) is 10.7. The summed E-state index contributed by atoms with van der Waals surface area (Å²) in [5.74, 6) is 7.44. The van der Waals surface area contributed by atoms with Gasteiger partial charge in [-0.3, -0.25) is 11.3 Å². The van der Waals surface area contributed by atoms with Crippen molar-refractivity contribution in [2.24, 2.45) is 11.8 Å². The van der Waals surface area contributed by atoms with E-state index in [0.717, 1.165) is 18.1 Å². The second kappa shape index (κ2) is 4.81. The molecular formula is C12H20N2O. The Kier molecular flexibility index (Phi) is 3.44. The van der Waals surface area contributed by atoms with Crippen LogP contribution in [0.15, 0.2) is 16.7 Å². The highest BCUT2D eigenvalue weighted by Crippen LogP contribution is 2.33. The van der Waals surface area contributed by atoms with Crippen molar-refractivity contribution in [3.63, 3.8) is 0 Å². The first-order valence-corrected chi connectivity index (χ1v) is 5.81. The van der Waals surface area contributed by atoms with Gasteiger partial charge in [-0.25, -0.2) is 0 Å². The van der Waals surface area contributed by atoms with E-state index >= 15 is 0 Å². The zero-order valence-electron chi connectivity index (χ0n) is 9.33. The van der Waals surface area contributed by atoms with Crippen LogP contribution in [0, 0.1) is 12.8 Å². The van der Waals surface area contributed by atoms with Crippen molar-refractivity contribution >= 4 is 0 Å². The van der Waals surface area contributed by atoms with Gasteiger partial charge in [0.25, 0.3) is 0 Å². The first-order valence-electron chi connectivity index (χ1n) is 5.81. The number of hydrogen-bond acceptors (Lipinski definition) is 3. The molecule has 1 aliphatic rings. The van der Waals surface area contributed by atoms with Crippen LogP contribution in [0.1, 0.15) is 49.5 Å². The molecule has 1 fully saturated rings. The van der Waals surface area contributed by atoms with Gasteiger partial charge < -0.3 is 4.42 Å². The highest BCUT2D eigenvalue weighted by Gasteiger charge is 2.22. The van der Waals surface area contributed by atoms with Gasteiger partial charge in [0.05, 0.1) is 6.26 Å². The fourth-order valence-corrected chi connectivity index (χ4v) is 2.62. The summed E-state index contributed by atoms with van der Waals surface area (Å²) in [5, 5.41) is 0. The Balaban J connectivity index is 2.00. The number of furan rings is 1. The third-order valence-electron chi connectivity index (χ3n) is 3.52. The molecule has 3 nitrogen and oxygen atoms in total. The smallest absolute Gasteiger partial charge is 0.105 e. The predicted molar refractivity (Wildman–Crippen MR) is 60.1 cm³/mol. The molecular weight excluding hydrogens is 188 g/mol. The minimum Gasteiger partial charge on any atom is -0.469 e. The molecule has 1 unspecified atom stereocenters. The maximum absolute atomic E-state index is 5.62. The fourth-order valence-electron chi connectivity index (χ4n) is 2.62. The van der Waals surface area contributed by atoms with Crippen molar-refractivity contribution < 1.29 is 4.42 Å². The molecule has 1 aromatic rings. The first kappa shape index (κ1) is 10.7. The molecule has 84 valence electrons. The van der Waals surface area contributed by atoms with E-state index in [-0.39, 0.29) is 6.04 Å². The molecule has 1 aromatic heterocycles. The largest absolute Gasteiger partial charge is 0.469 e. The minimum absolute atomic E-state index is 0.256. The lowest BCUT2D eigenvalue weighted by atomic mass is 9.94. The molecule has 0 radical (unpaired) electrons. The lowest BCUT2D eigenvalue weighted by molar-refractivity contribution is 0.394. The number of nitrogens with one attached hydrogen (secondary N) is 1. The van der Waals surface area contributed by atoms with Crippen molar-refractivity contribution in [3.05, 3.63) is 23.7 Å². The Bertz CT molecular complexity index is 302. The van der Waals surface area contributed by atoms with Crippen LogP contribution in [0.5, 0.6) is 0 Å². The maximum atomic E-state index is 5.62. The third-order valence-corrected chi connectivity index (χ3v) is 3.52. The number of nitrogens with two attached hydrogens (primary N) is 1. The Hall–Kier alpha value is -0.800. The quantitative estimate of drug-likeness (QED) is 0.591. The molecule has 3 N–H and O–H groups in total. The molecule has 0 saturated heterocycles. The molecule has 2 rings (SSSR count). The van der Waals surface area contributed by atoms with E-state index in [4.69, 9.17) is 10.3 Å². The standard InChI is InChI=1S/C12H20N2O/c1-9-11(6-7-15-9)12(14-13)8-10-4-2-3-5-10/h6-7,10,12,14H,2-5,8,13H2,1H3. The van der Waals surface area contributed by atoms with Crippen molar-refractivity contribution in [1.29, 1.82) is 0 Å². The summed E-state index contributed by atoms with van der Waals surface area (Å²) in [6.45, 7) is 1.99. The molecule has 1 aliphatic carbocycles. The third kappa shape index (κ3) is 2.41. The molecule has 0 aliphatic heterocycles. The predicted octanol–water partition coefficient (Wildman–Crippen LogP) is 2.67. The lowest BCUT2D eigenvalue weighted by Gasteiger charge is -2.19. The van der Waals surface area contributed by atoms with Gasteiger partial charge in [0, 0.05) is 11.6 Å². The second-order valence-corrected chi connectivity index (χ2v) is 4.54. The number of rotatable bonds is 4. The van der Waals surface area contributed by atoms with E-state index in [1.807, 2.05) is 13.0 Å². The minimum atomic E-state index is 0.256. The van der Waals surface area contributed by atoms with E-state index in [1.165, 1.54) is 31.2 Å². The van der Waals surface area contributed by atoms with Gasteiger partial charge in [-0.05, 0) is 25.3 Å². The second-order valence-electron chi connectivity index (χ2n) is 4.54. The van der Waals surface area contributed by atoms with Crippen LogP contribution in [0.25, 0.3) is 0 Å². The monoisotopic (exact) mass is 208 g/mol. The Morgan fingerprint density at radius 2 is 2.27 bits per heavy atom. The first-order chi connectivity index (χ1) is 7.31. The molecule has 1 atom stereocenters. The summed E-state index contributed by atoms with van der Waals surface area (Å²) < 4.78 is 5.32. The summed E-state index contributed by atoms with van der Waals surface area (Å²) in [6.07, 6.45) is 8.35. The van der Waals surface area contributed by atoms with Gasteiger partial charge in [-0.15, -0.1) is 0 Å². The summed E-state index contributed by atoms with van der Waals surface area (Å²) in [6, 6.07) is 2.28. The molecule has 3 heteroatoms. The molecule has 15 heavy (non-hydrogen) atoms. The number of hydrazine groups is 1. The maximum Gasteiger partial charge on any atom is 0.105 e. The average molecular weight is 208 g/mol. The van der Waals surface area contributed by atoms with E-state index < -0.39 is 0 Å². The normalized spacial score (nSPS) is 19.6.